The Hall–Kier alpha value is -0.800. The molecule has 104 valence electrons. The molecule has 3 N–H and O–H groups in total. The summed E-state index contributed by atoms with van der Waals surface area (Å²) >= 11 is 1.55. The Bertz CT molecular complexity index is 417. The third-order valence-corrected chi connectivity index (χ3v) is 4.34. The van der Waals surface area contributed by atoms with E-state index in [9.17, 15) is 18.0 Å². The quantitative estimate of drug-likeness (QED) is 0.555. The molecule has 1 aliphatic heterocycles. The highest BCUT2D eigenvalue weighted by Crippen LogP contribution is 2.10. The predicted octanol–water partition coefficient (Wildman–Crippen LogP) is -1.35. The zero-order chi connectivity index (χ0) is 13.8. The molecule has 0 aromatic carbocycles. The van der Waals surface area contributed by atoms with Gasteiger partial charge in [0, 0.05) is 17.9 Å². The van der Waals surface area contributed by atoms with Gasteiger partial charge in [0.05, 0.1) is 11.8 Å². The Morgan fingerprint density at radius 2 is 2.22 bits per heavy atom. The zero-order valence-corrected chi connectivity index (χ0v) is 11.5. The van der Waals surface area contributed by atoms with E-state index < -0.39 is 33.8 Å². The summed E-state index contributed by atoms with van der Waals surface area (Å²) in [4.78, 5) is 22.6. The van der Waals surface area contributed by atoms with Crippen LogP contribution in [0.1, 0.15) is 6.42 Å². The normalized spacial score (nSPS) is 21.5. The summed E-state index contributed by atoms with van der Waals surface area (Å²) in [6.07, 6.45) is 0.905. The lowest BCUT2D eigenvalue weighted by Gasteiger charge is -2.16. The van der Waals surface area contributed by atoms with E-state index in [1.165, 1.54) is 0 Å². The van der Waals surface area contributed by atoms with Crippen LogP contribution in [-0.4, -0.2) is 61.1 Å². The molecule has 0 aliphatic carbocycles. The van der Waals surface area contributed by atoms with Gasteiger partial charge >= 0.3 is 5.97 Å². The van der Waals surface area contributed by atoms with Gasteiger partial charge < -0.3 is 10.4 Å². The Morgan fingerprint density at radius 3 is 2.67 bits per heavy atom. The van der Waals surface area contributed by atoms with Gasteiger partial charge in [-0.05, 0) is 6.42 Å². The lowest BCUT2D eigenvalue weighted by Crippen LogP contribution is -2.49. The molecule has 1 amide bonds. The smallest absolute Gasteiger partial charge is 0.326 e. The maximum atomic E-state index is 11.7. The van der Waals surface area contributed by atoms with Gasteiger partial charge in [0.25, 0.3) is 0 Å². The van der Waals surface area contributed by atoms with Crippen molar-refractivity contribution in [3.63, 3.8) is 0 Å². The molecule has 1 heterocycles. The van der Waals surface area contributed by atoms with E-state index in [1.807, 2.05) is 0 Å². The van der Waals surface area contributed by atoms with E-state index in [-0.39, 0.29) is 12.2 Å². The van der Waals surface area contributed by atoms with Crippen LogP contribution < -0.4 is 10.6 Å². The van der Waals surface area contributed by atoms with E-state index in [0.717, 1.165) is 6.26 Å². The summed E-state index contributed by atoms with van der Waals surface area (Å²) in [6.45, 7) is 0. The maximum Gasteiger partial charge on any atom is 0.326 e. The summed E-state index contributed by atoms with van der Waals surface area (Å²) in [5.41, 5.74) is 0. The van der Waals surface area contributed by atoms with Gasteiger partial charge in [0.15, 0.2) is 0 Å². The average Bonchev–Trinajstić information content (AvgIpc) is 2.75. The number of nitrogens with one attached hydrogen (secondary N) is 2. The number of hydrogen-bond donors (Lipinski definition) is 3. The number of carboxylic acid groups (broad SMARTS) is 1. The summed E-state index contributed by atoms with van der Waals surface area (Å²) < 4.78 is 22.0. The van der Waals surface area contributed by atoms with Gasteiger partial charge in [0.2, 0.25) is 5.91 Å². The standard InChI is InChI=1S/C9H16N2O5S2/c1-18(15,16)3-2-6(9(13)14)11-8(12)7-4-17-5-10-7/h6-7,10H,2-5H2,1H3,(H,11,12)(H,13,14). The minimum absolute atomic E-state index is 0.125. The minimum Gasteiger partial charge on any atom is -0.480 e. The number of amides is 1. The molecule has 0 saturated carbocycles. The molecule has 1 aliphatic rings. The first kappa shape index (κ1) is 15.3. The molecule has 1 rings (SSSR count). The number of carboxylic acids is 1. The maximum absolute atomic E-state index is 11.7. The second-order valence-corrected chi connectivity index (χ2v) is 7.38. The zero-order valence-electron chi connectivity index (χ0n) is 9.88. The largest absolute Gasteiger partial charge is 0.480 e. The minimum atomic E-state index is -3.24. The van der Waals surface area contributed by atoms with Crippen molar-refractivity contribution in [2.24, 2.45) is 0 Å². The first-order chi connectivity index (χ1) is 8.29. The number of sulfone groups is 1. The first-order valence-electron chi connectivity index (χ1n) is 5.31. The van der Waals surface area contributed by atoms with Crippen LogP contribution in [0.25, 0.3) is 0 Å². The molecule has 0 bridgehead atoms. The molecule has 2 atom stereocenters. The number of hydrogen-bond acceptors (Lipinski definition) is 6. The predicted molar refractivity (Wildman–Crippen MR) is 68.1 cm³/mol. The highest BCUT2D eigenvalue weighted by atomic mass is 32.2. The van der Waals surface area contributed by atoms with Gasteiger partial charge in [-0.3, -0.25) is 10.1 Å². The van der Waals surface area contributed by atoms with Gasteiger partial charge in [-0.1, -0.05) is 0 Å². The summed E-state index contributed by atoms with van der Waals surface area (Å²) in [7, 11) is -3.24. The van der Waals surface area contributed by atoms with Crippen LogP contribution in [0.15, 0.2) is 0 Å². The van der Waals surface area contributed by atoms with Crippen molar-refractivity contribution < 1.29 is 23.1 Å². The monoisotopic (exact) mass is 296 g/mol. The summed E-state index contributed by atoms with van der Waals surface area (Å²) in [5.74, 6) is -0.654. The number of aliphatic carboxylic acids is 1. The molecule has 0 aromatic rings. The van der Waals surface area contributed by atoms with E-state index in [0.29, 0.717) is 11.6 Å². The molecule has 7 nitrogen and oxygen atoms in total. The second-order valence-electron chi connectivity index (χ2n) is 4.09. The van der Waals surface area contributed by atoms with Crippen LogP contribution in [-0.2, 0) is 19.4 Å². The molecule has 18 heavy (non-hydrogen) atoms. The van der Waals surface area contributed by atoms with E-state index in [2.05, 4.69) is 10.6 Å². The van der Waals surface area contributed by atoms with Crippen molar-refractivity contribution in [1.82, 2.24) is 10.6 Å². The summed E-state index contributed by atoms with van der Waals surface area (Å²) in [6, 6.07) is -1.57. The number of rotatable bonds is 6. The molecule has 0 radical (unpaired) electrons. The Labute approximate surface area is 110 Å². The number of carbonyl (C=O) groups is 2. The summed E-state index contributed by atoms with van der Waals surface area (Å²) in [5, 5.41) is 14.2. The molecular formula is C9H16N2O5S2. The Kier molecular flexibility index (Phi) is 5.42. The van der Waals surface area contributed by atoms with Crippen molar-refractivity contribution in [1.29, 1.82) is 0 Å². The highest BCUT2D eigenvalue weighted by Gasteiger charge is 2.27. The Balaban J connectivity index is 2.51. The molecule has 0 spiro atoms. The molecule has 2 unspecified atom stereocenters. The number of thioether (sulfide) groups is 1. The Morgan fingerprint density at radius 1 is 1.56 bits per heavy atom. The second kappa shape index (κ2) is 6.39. The molecule has 1 saturated heterocycles. The fourth-order valence-corrected chi connectivity index (χ4v) is 3.03. The fourth-order valence-electron chi connectivity index (χ4n) is 1.43. The molecule has 9 heteroatoms. The highest BCUT2D eigenvalue weighted by molar-refractivity contribution is 7.99. The van der Waals surface area contributed by atoms with Crippen molar-refractivity contribution in [3.05, 3.63) is 0 Å². The molecular weight excluding hydrogens is 280 g/mol. The van der Waals surface area contributed by atoms with E-state index in [4.69, 9.17) is 5.11 Å². The lowest BCUT2D eigenvalue weighted by atomic mass is 10.2. The van der Waals surface area contributed by atoms with Gasteiger partial charge in [0.1, 0.15) is 15.9 Å². The lowest BCUT2D eigenvalue weighted by molar-refractivity contribution is -0.142. The van der Waals surface area contributed by atoms with Crippen molar-refractivity contribution in [3.8, 4) is 0 Å². The van der Waals surface area contributed by atoms with Crippen molar-refractivity contribution in [2.45, 2.75) is 18.5 Å². The average molecular weight is 296 g/mol. The van der Waals surface area contributed by atoms with E-state index >= 15 is 0 Å². The fraction of sp³-hybridized carbons (Fsp3) is 0.778. The van der Waals surface area contributed by atoms with Crippen LogP contribution in [0, 0.1) is 0 Å². The SMILES string of the molecule is CS(=O)(=O)CCC(NC(=O)C1CSCN1)C(=O)O. The van der Waals surface area contributed by atoms with Gasteiger partial charge in [-0.25, -0.2) is 13.2 Å². The van der Waals surface area contributed by atoms with Crippen LogP contribution in [0.2, 0.25) is 0 Å². The third-order valence-electron chi connectivity index (χ3n) is 2.42. The van der Waals surface area contributed by atoms with Gasteiger partial charge in [-0.15, -0.1) is 11.8 Å². The first-order valence-corrected chi connectivity index (χ1v) is 8.53. The van der Waals surface area contributed by atoms with Crippen LogP contribution in [0.3, 0.4) is 0 Å². The topological polar surface area (TPSA) is 113 Å². The van der Waals surface area contributed by atoms with E-state index in [1.54, 1.807) is 11.8 Å². The van der Waals surface area contributed by atoms with Crippen LogP contribution in [0.4, 0.5) is 0 Å². The van der Waals surface area contributed by atoms with Crippen molar-refractivity contribution in [2.75, 3.05) is 23.6 Å². The van der Waals surface area contributed by atoms with Gasteiger partial charge in [-0.2, -0.15) is 0 Å². The van der Waals surface area contributed by atoms with Crippen LogP contribution in [0.5, 0.6) is 0 Å². The van der Waals surface area contributed by atoms with Crippen LogP contribution >= 0.6 is 11.8 Å². The number of carbonyl (C=O) groups excluding carboxylic acids is 1. The third kappa shape index (κ3) is 5.23. The molecule has 0 aromatic heterocycles. The van der Waals surface area contributed by atoms with Crippen molar-refractivity contribution >= 4 is 33.5 Å². The molecule has 1 fully saturated rings.